The Morgan fingerprint density at radius 1 is 1.16 bits per heavy atom. The maximum atomic E-state index is 12.4. The van der Waals surface area contributed by atoms with Gasteiger partial charge in [-0.2, -0.15) is 5.10 Å². The summed E-state index contributed by atoms with van der Waals surface area (Å²) >= 11 is 6.24. The molecule has 2 aromatic rings. The minimum absolute atomic E-state index is 0.114. The van der Waals surface area contributed by atoms with Crippen LogP contribution in [0.15, 0.2) is 41.3 Å². The lowest BCUT2D eigenvalue weighted by atomic mass is 9.94. The van der Waals surface area contributed by atoms with Crippen LogP contribution in [-0.4, -0.2) is 27.0 Å². The van der Waals surface area contributed by atoms with E-state index in [0.29, 0.717) is 18.8 Å². The van der Waals surface area contributed by atoms with Crippen molar-refractivity contribution in [3.63, 3.8) is 0 Å². The zero-order valence-corrected chi connectivity index (χ0v) is 15.0. The normalized spacial score (nSPS) is 17.0. The number of rotatable bonds is 5. The van der Waals surface area contributed by atoms with Crippen molar-refractivity contribution in [2.24, 2.45) is 0 Å². The first-order chi connectivity index (χ1) is 12.1. The lowest BCUT2D eigenvalue weighted by Gasteiger charge is -2.27. The summed E-state index contributed by atoms with van der Waals surface area (Å²) in [6, 6.07) is 9.65. The molecule has 1 aromatic heterocycles. The number of nitrogens with one attached hydrogen (secondary N) is 1. The average molecular weight is 362 g/mol. The van der Waals surface area contributed by atoms with Crippen LogP contribution in [0.2, 0.25) is 5.02 Å². The van der Waals surface area contributed by atoms with Gasteiger partial charge in [0.05, 0.1) is 24.0 Å². The first-order valence-electron chi connectivity index (χ1n) is 8.83. The summed E-state index contributed by atoms with van der Waals surface area (Å²) in [5, 5.41) is 18.2. The summed E-state index contributed by atoms with van der Waals surface area (Å²) in [6.45, 7) is 0.764. The molecule has 2 N–H and O–H groups in total. The number of benzene rings is 1. The van der Waals surface area contributed by atoms with Crippen LogP contribution in [0.3, 0.4) is 0 Å². The van der Waals surface area contributed by atoms with E-state index in [1.54, 1.807) is 6.20 Å². The predicted molar refractivity (Wildman–Crippen MR) is 100 cm³/mol. The van der Waals surface area contributed by atoms with Gasteiger partial charge in [0.2, 0.25) is 0 Å². The van der Waals surface area contributed by atoms with Crippen LogP contribution in [0, 0.1) is 0 Å². The van der Waals surface area contributed by atoms with Crippen LogP contribution in [0.5, 0.6) is 0 Å². The van der Waals surface area contributed by atoms with Crippen molar-refractivity contribution in [3.05, 3.63) is 57.5 Å². The molecule has 0 unspecified atom stereocenters. The molecule has 6 heteroatoms. The smallest absolute Gasteiger partial charge is 0.287 e. The van der Waals surface area contributed by atoms with Gasteiger partial charge in [0.25, 0.3) is 5.56 Å². The molecular weight excluding hydrogens is 338 g/mol. The highest BCUT2D eigenvalue weighted by Crippen LogP contribution is 2.28. The van der Waals surface area contributed by atoms with Crippen LogP contribution in [0.4, 0.5) is 5.69 Å². The largest absolute Gasteiger partial charge is 0.388 e. The van der Waals surface area contributed by atoms with Crippen molar-refractivity contribution in [1.82, 2.24) is 9.78 Å². The highest BCUT2D eigenvalue weighted by atomic mass is 35.5. The molecule has 5 nitrogen and oxygen atoms in total. The van der Waals surface area contributed by atoms with Gasteiger partial charge in [0.15, 0.2) is 0 Å². The molecule has 0 amide bonds. The number of anilines is 1. The van der Waals surface area contributed by atoms with Crippen molar-refractivity contribution >= 4 is 17.3 Å². The first kappa shape index (κ1) is 18.0. The van der Waals surface area contributed by atoms with Gasteiger partial charge >= 0.3 is 0 Å². The maximum Gasteiger partial charge on any atom is 0.287 e. The van der Waals surface area contributed by atoms with Crippen LogP contribution >= 0.6 is 11.6 Å². The molecular formula is C19H24ClN3O2. The van der Waals surface area contributed by atoms with E-state index in [0.717, 1.165) is 31.2 Å². The molecule has 134 valence electrons. The van der Waals surface area contributed by atoms with E-state index in [9.17, 15) is 9.90 Å². The average Bonchev–Trinajstić information content (AvgIpc) is 2.84. The van der Waals surface area contributed by atoms with Crippen molar-refractivity contribution < 1.29 is 5.11 Å². The molecule has 0 spiro atoms. The van der Waals surface area contributed by atoms with Gasteiger partial charge in [-0.05, 0) is 18.4 Å². The Balaban J connectivity index is 1.71. The van der Waals surface area contributed by atoms with Crippen molar-refractivity contribution in [2.45, 2.75) is 50.7 Å². The minimum atomic E-state index is -0.737. The standard InChI is InChI=1S/C19H24ClN3O2/c20-17-16(21-14-19(25)10-6-1-2-7-11-19)12-22-23(18(17)24)13-15-8-4-3-5-9-15/h3-5,8-9,12,21,25H,1-2,6-7,10-11,13-14H2. The summed E-state index contributed by atoms with van der Waals surface area (Å²) in [5.41, 5.74) is 0.400. The summed E-state index contributed by atoms with van der Waals surface area (Å²) in [5.74, 6) is 0. The fourth-order valence-corrected chi connectivity index (χ4v) is 3.49. The molecule has 1 heterocycles. The molecule has 1 fully saturated rings. The Kier molecular flexibility index (Phi) is 5.76. The third-order valence-corrected chi connectivity index (χ3v) is 5.17. The molecule has 1 aliphatic carbocycles. The van der Waals surface area contributed by atoms with E-state index in [1.165, 1.54) is 17.5 Å². The van der Waals surface area contributed by atoms with Gasteiger partial charge in [0, 0.05) is 6.54 Å². The zero-order valence-electron chi connectivity index (χ0n) is 14.2. The molecule has 25 heavy (non-hydrogen) atoms. The highest BCUT2D eigenvalue weighted by molar-refractivity contribution is 6.32. The number of aliphatic hydroxyl groups is 1. The highest BCUT2D eigenvalue weighted by Gasteiger charge is 2.28. The fourth-order valence-electron chi connectivity index (χ4n) is 3.28. The van der Waals surface area contributed by atoms with Crippen LogP contribution in [0.1, 0.15) is 44.1 Å². The third-order valence-electron chi connectivity index (χ3n) is 4.80. The van der Waals surface area contributed by atoms with Gasteiger partial charge in [-0.25, -0.2) is 4.68 Å². The molecule has 1 saturated carbocycles. The second-order valence-electron chi connectivity index (χ2n) is 6.81. The Labute approximate surface area is 152 Å². The molecule has 0 aliphatic heterocycles. The van der Waals surface area contributed by atoms with E-state index in [-0.39, 0.29) is 10.6 Å². The third kappa shape index (κ3) is 4.61. The summed E-state index contributed by atoms with van der Waals surface area (Å²) in [6.07, 6.45) is 7.50. The van der Waals surface area contributed by atoms with Crippen LogP contribution in [-0.2, 0) is 6.54 Å². The lowest BCUT2D eigenvalue weighted by Crippen LogP contribution is -2.37. The monoisotopic (exact) mass is 361 g/mol. The van der Waals surface area contributed by atoms with Gasteiger partial charge < -0.3 is 10.4 Å². The van der Waals surface area contributed by atoms with E-state index in [2.05, 4.69) is 10.4 Å². The number of aromatic nitrogens is 2. The van der Waals surface area contributed by atoms with Crippen molar-refractivity contribution in [1.29, 1.82) is 0 Å². The lowest BCUT2D eigenvalue weighted by molar-refractivity contribution is 0.0381. The van der Waals surface area contributed by atoms with Gasteiger partial charge in [-0.1, -0.05) is 67.6 Å². The molecule has 3 rings (SSSR count). The number of nitrogens with zero attached hydrogens (tertiary/aromatic N) is 2. The molecule has 0 bridgehead atoms. The Morgan fingerprint density at radius 3 is 2.52 bits per heavy atom. The van der Waals surface area contributed by atoms with E-state index in [4.69, 9.17) is 11.6 Å². The van der Waals surface area contributed by atoms with Crippen LogP contribution < -0.4 is 10.9 Å². The summed E-state index contributed by atoms with van der Waals surface area (Å²) in [7, 11) is 0. The predicted octanol–water partition coefficient (Wildman–Crippen LogP) is 3.44. The van der Waals surface area contributed by atoms with E-state index >= 15 is 0 Å². The SMILES string of the molecule is O=c1c(Cl)c(NCC2(O)CCCCCC2)cnn1Cc1ccccc1. The summed E-state index contributed by atoms with van der Waals surface area (Å²) in [4.78, 5) is 12.4. The molecule has 0 saturated heterocycles. The minimum Gasteiger partial charge on any atom is -0.388 e. The Morgan fingerprint density at radius 2 is 1.84 bits per heavy atom. The topological polar surface area (TPSA) is 67.2 Å². The molecule has 0 atom stereocenters. The van der Waals surface area contributed by atoms with Crippen molar-refractivity contribution in [3.8, 4) is 0 Å². The summed E-state index contributed by atoms with van der Waals surface area (Å²) < 4.78 is 1.35. The second-order valence-corrected chi connectivity index (χ2v) is 7.19. The van der Waals surface area contributed by atoms with E-state index < -0.39 is 5.60 Å². The molecule has 1 aliphatic rings. The zero-order chi connectivity index (χ0) is 17.7. The van der Waals surface area contributed by atoms with Crippen LogP contribution in [0.25, 0.3) is 0 Å². The maximum absolute atomic E-state index is 12.4. The van der Waals surface area contributed by atoms with Gasteiger partial charge in [-0.3, -0.25) is 4.79 Å². The number of hydrogen-bond acceptors (Lipinski definition) is 4. The Bertz CT molecular complexity index is 753. The first-order valence-corrected chi connectivity index (χ1v) is 9.21. The van der Waals surface area contributed by atoms with E-state index in [1.807, 2.05) is 30.3 Å². The van der Waals surface area contributed by atoms with Crippen molar-refractivity contribution in [2.75, 3.05) is 11.9 Å². The van der Waals surface area contributed by atoms with Gasteiger partial charge in [0.1, 0.15) is 5.02 Å². The number of halogens is 1. The molecule has 1 aromatic carbocycles. The quantitative estimate of drug-likeness (QED) is 0.800. The molecule has 0 radical (unpaired) electrons. The fraction of sp³-hybridized carbons (Fsp3) is 0.474. The second kappa shape index (κ2) is 8.02. The Hall–Kier alpha value is -1.85. The number of hydrogen-bond donors (Lipinski definition) is 2. The van der Waals surface area contributed by atoms with Gasteiger partial charge in [-0.15, -0.1) is 0 Å².